The number of carbonyl (C=O) groups is 4. The minimum atomic E-state index is -0.775. The Bertz CT molecular complexity index is 1670. The number of carbonyl (C=O) groups excluding carboxylic acids is 4. The second-order valence-corrected chi connectivity index (χ2v) is 11.2. The highest BCUT2D eigenvalue weighted by Gasteiger charge is 2.34. The lowest BCUT2D eigenvalue weighted by Gasteiger charge is -2.27. The molecule has 0 fully saturated rings. The molecule has 0 saturated heterocycles. The number of benzene rings is 4. The van der Waals surface area contributed by atoms with Crippen LogP contribution in [-0.2, 0) is 16.1 Å². The van der Waals surface area contributed by atoms with Crippen molar-refractivity contribution in [3.63, 3.8) is 0 Å². The van der Waals surface area contributed by atoms with Gasteiger partial charge >= 0.3 is 0 Å². The normalized spacial score (nSPS) is 15.5. The summed E-state index contributed by atoms with van der Waals surface area (Å²) >= 11 is 1.41. The molecule has 2 atom stereocenters. The fraction of sp³-hybridized carbons (Fsp3) is 0.212. The van der Waals surface area contributed by atoms with Crippen LogP contribution in [0.3, 0.4) is 0 Å². The van der Waals surface area contributed by atoms with E-state index in [-0.39, 0.29) is 30.0 Å². The Morgan fingerprint density at radius 2 is 1.62 bits per heavy atom. The van der Waals surface area contributed by atoms with Crippen molar-refractivity contribution in [1.82, 2.24) is 10.6 Å². The number of hydrogen-bond donors (Lipinski definition) is 3. The van der Waals surface area contributed by atoms with E-state index in [0.29, 0.717) is 28.3 Å². The summed E-state index contributed by atoms with van der Waals surface area (Å²) in [6.07, 6.45) is 0. The minimum absolute atomic E-state index is 0.0755. The van der Waals surface area contributed by atoms with Crippen molar-refractivity contribution in [2.75, 3.05) is 23.0 Å². The predicted octanol–water partition coefficient (Wildman–Crippen LogP) is 5.03. The molecule has 0 saturated carbocycles. The summed E-state index contributed by atoms with van der Waals surface area (Å²) in [6.45, 7) is 3.50. The lowest BCUT2D eigenvalue weighted by atomic mass is 10.0. The van der Waals surface area contributed by atoms with Crippen molar-refractivity contribution in [2.24, 2.45) is 0 Å². The van der Waals surface area contributed by atoms with E-state index in [4.69, 9.17) is 0 Å². The van der Waals surface area contributed by atoms with Gasteiger partial charge in [0.05, 0.1) is 28.9 Å². The molecule has 214 valence electrons. The first-order valence-electron chi connectivity index (χ1n) is 13.7. The van der Waals surface area contributed by atoms with E-state index in [1.807, 2.05) is 48.5 Å². The molecule has 4 aromatic rings. The van der Waals surface area contributed by atoms with Crippen LogP contribution >= 0.6 is 11.8 Å². The topological polar surface area (TPSA) is 108 Å². The monoisotopic (exact) mass is 580 g/mol. The van der Waals surface area contributed by atoms with Gasteiger partial charge in [0, 0.05) is 16.9 Å². The van der Waals surface area contributed by atoms with E-state index in [1.165, 1.54) is 18.7 Å². The summed E-state index contributed by atoms with van der Waals surface area (Å²) in [5, 5.41) is 10.9. The van der Waals surface area contributed by atoms with E-state index in [9.17, 15) is 19.2 Å². The molecule has 3 amide bonds. The molecule has 1 heterocycles. The largest absolute Gasteiger partial charge is 0.342 e. The summed E-state index contributed by atoms with van der Waals surface area (Å²) < 4.78 is 0. The number of hydrogen-bond acceptors (Lipinski definition) is 6. The summed E-state index contributed by atoms with van der Waals surface area (Å²) in [7, 11) is 1.69. The molecule has 3 N–H and O–H groups in total. The van der Waals surface area contributed by atoms with Crippen molar-refractivity contribution >= 4 is 57.4 Å². The average Bonchev–Trinajstić information content (AvgIpc) is 3.13. The number of thioether (sulfide) groups is 1. The van der Waals surface area contributed by atoms with Crippen LogP contribution in [0.4, 0.5) is 11.4 Å². The van der Waals surface area contributed by atoms with E-state index in [1.54, 1.807) is 55.3 Å². The van der Waals surface area contributed by atoms with Gasteiger partial charge in [0.15, 0.2) is 5.78 Å². The number of anilines is 2. The molecule has 4 aromatic carbocycles. The number of nitrogens with zero attached hydrogens (tertiary/aromatic N) is 1. The van der Waals surface area contributed by atoms with Crippen LogP contribution in [-0.4, -0.2) is 48.4 Å². The molecule has 0 radical (unpaired) electrons. The Hall–Kier alpha value is -4.47. The fourth-order valence-corrected chi connectivity index (χ4v) is 6.04. The van der Waals surface area contributed by atoms with Crippen LogP contribution in [0.15, 0.2) is 89.8 Å². The molecular weight excluding hydrogens is 548 g/mol. The van der Waals surface area contributed by atoms with Gasteiger partial charge in [-0.3, -0.25) is 19.2 Å². The van der Waals surface area contributed by atoms with Gasteiger partial charge in [-0.1, -0.05) is 60.7 Å². The smallest absolute Gasteiger partial charge is 0.255 e. The van der Waals surface area contributed by atoms with Crippen LogP contribution in [0.2, 0.25) is 0 Å². The van der Waals surface area contributed by atoms with Crippen molar-refractivity contribution in [1.29, 1.82) is 0 Å². The first kappa shape index (κ1) is 29.0. The van der Waals surface area contributed by atoms with Gasteiger partial charge < -0.3 is 20.9 Å². The van der Waals surface area contributed by atoms with Crippen molar-refractivity contribution < 1.29 is 19.2 Å². The molecule has 1 aliphatic heterocycles. The first-order chi connectivity index (χ1) is 20.3. The van der Waals surface area contributed by atoms with Gasteiger partial charge in [-0.15, -0.1) is 11.8 Å². The van der Waals surface area contributed by atoms with Crippen molar-refractivity contribution in [3.8, 4) is 0 Å². The van der Waals surface area contributed by atoms with Crippen molar-refractivity contribution in [2.45, 2.75) is 37.4 Å². The summed E-state index contributed by atoms with van der Waals surface area (Å²) in [5.74, 6) is -0.610. The van der Waals surface area contributed by atoms with Gasteiger partial charge in [-0.2, -0.15) is 0 Å². The minimum Gasteiger partial charge on any atom is -0.342 e. The van der Waals surface area contributed by atoms with E-state index < -0.39 is 12.1 Å². The third kappa shape index (κ3) is 6.07. The number of nitrogens with one attached hydrogen (secondary N) is 3. The summed E-state index contributed by atoms with van der Waals surface area (Å²) in [6, 6.07) is 24.7. The Morgan fingerprint density at radius 3 is 2.36 bits per heavy atom. The van der Waals surface area contributed by atoms with Crippen LogP contribution in [0.25, 0.3) is 10.8 Å². The molecule has 1 aliphatic rings. The Labute approximate surface area is 248 Å². The Kier molecular flexibility index (Phi) is 8.70. The average molecular weight is 581 g/mol. The molecule has 8 nitrogen and oxygen atoms in total. The SMILES string of the molecule is CN[C@@H](C)C(=O)NC1CSc2c(NC(=O)c3ccc(C(C)=O)cc3)cccc2N(Cc2cccc3ccccc23)C1=O. The number of fused-ring (bicyclic) bond motifs is 2. The highest BCUT2D eigenvalue weighted by molar-refractivity contribution is 7.99. The van der Waals surface area contributed by atoms with E-state index in [2.05, 4.69) is 16.0 Å². The second-order valence-electron chi connectivity index (χ2n) is 10.2. The van der Waals surface area contributed by atoms with Gasteiger partial charge in [0.2, 0.25) is 5.91 Å². The highest BCUT2D eigenvalue weighted by atomic mass is 32.2. The number of amides is 3. The highest BCUT2D eigenvalue weighted by Crippen LogP contribution is 2.41. The second kappa shape index (κ2) is 12.6. The molecule has 0 aliphatic carbocycles. The maximum absolute atomic E-state index is 14.1. The molecule has 9 heteroatoms. The van der Waals surface area contributed by atoms with Crippen LogP contribution in [0.1, 0.15) is 40.1 Å². The maximum atomic E-state index is 14.1. The van der Waals surface area contributed by atoms with Gasteiger partial charge in [0.25, 0.3) is 11.8 Å². The first-order valence-corrected chi connectivity index (χ1v) is 14.7. The van der Waals surface area contributed by atoms with Crippen LogP contribution in [0, 0.1) is 0 Å². The molecular formula is C33H32N4O4S. The standard InChI is InChI=1S/C33H32N4O4S/c1-20(34-3)31(39)36-28-19-42-30-27(35-32(40)24-16-14-22(15-17-24)21(2)38)12-7-13-29(30)37(33(28)41)18-25-10-6-9-23-8-4-5-11-26(23)25/h4-17,20,28,34H,18-19H2,1-3H3,(H,35,40)(H,36,39)/t20-,28?/m0/s1. The maximum Gasteiger partial charge on any atom is 0.255 e. The van der Waals surface area contributed by atoms with E-state index >= 15 is 0 Å². The lowest BCUT2D eigenvalue weighted by molar-refractivity contribution is -0.128. The fourth-order valence-electron chi connectivity index (χ4n) is 4.88. The zero-order chi connectivity index (χ0) is 29.8. The molecule has 0 spiro atoms. The molecule has 1 unspecified atom stereocenters. The van der Waals surface area contributed by atoms with Gasteiger partial charge in [-0.25, -0.2) is 0 Å². The summed E-state index contributed by atoms with van der Waals surface area (Å²) in [4.78, 5) is 54.2. The van der Waals surface area contributed by atoms with Gasteiger partial charge in [0.1, 0.15) is 6.04 Å². The number of rotatable bonds is 8. The third-order valence-corrected chi connectivity index (χ3v) is 8.61. The summed E-state index contributed by atoms with van der Waals surface area (Å²) in [5.41, 5.74) is 3.11. The Balaban J connectivity index is 1.52. The molecule has 5 rings (SSSR count). The van der Waals surface area contributed by atoms with Crippen molar-refractivity contribution in [3.05, 3.63) is 102 Å². The predicted molar refractivity (Wildman–Crippen MR) is 167 cm³/mol. The molecule has 0 bridgehead atoms. The molecule has 0 aromatic heterocycles. The lowest BCUT2D eigenvalue weighted by Crippen LogP contribution is -2.53. The number of ketones is 1. The third-order valence-electron chi connectivity index (χ3n) is 7.40. The molecule has 42 heavy (non-hydrogen) atoms. The van der Waals surface area contributed by atoms with Crippen LogP contribution in [0.5, 0.6) is 0 Å². The zero-order valence-corrected chi connectivity index (χ0v) is 24.5. The zero-order valence-electron chi connectivity index (χ0n) is 23.6. The van der Waals surface area contributed by atoms with E-state index in [0.717, 1.165) is 21.2 Å². The quantitative estimate of drug-likeness (QED) is 0.253. The number of Topliss-reactive ketones (excluding diaryl/α,β-unsaturated/α-hetero) is 1. The number of likely N-dealkylation sites (N-methyl/N-ethyl adjacent to an activating group) is 1. The van der Waals surface area contributed by atoms with Crippen LogP contribution < -0.4 is 20.9 Å². The Morgan fingerprint density at radius 1 is 0.929 bits per heavy atom. The van der Waals surface area contributed by atoms with Gasteiger partial charge in [-0.05, 0) is 61.5 Å².